The fourth-order valence-electron chi connectivity index (χ4n) is 2.67. The van der Waals surface area contributed by atoms with Crippen molar-refractivity contribution in [3.8, 4) is 0 Å². The second-order valence-electron chi connectivity index (χ2n) is 5.38. The van der Waals surface area contributed by atoms with E-state index in [1.54, 1.807) is 0 Å². The SMILES string of the molecule is CC(C)c1ccccc1N1CCC(C(N)=O)CC1. The van der Waals surface area contributed by atoms with Crippen LogP contribution in [-0.4, -0.2) is 19.0 Å². The number of primary amides is 1. The van der Waals surface area contributed by atoms with Crippen LogP contribution in [0, 0.1) is 5.92 Å². The summed E-state index contributed by atoms with van der Waals surface area (Å²) in [6, 6.07) is 8.55. The second-order valence-corrected chi connectivity index (χ2v) is 5.38. The van der Waals surface area contributed by atoms with Crippen LogP contribution in [-0.2, 0) is 4.79 Å². The number of benzene rings is 1. The van der Waals surface area contributed by atoms with Crippen LogP contribution >= 0.6 is 0 Å². The van der Waals surface area contributed by atoms with Gasteiger partial charge >= 0.3 is 0 Å². The highest BCUT2D eigenvalue weighted by molar-refractivity contribution is 5.77. The van der Waals surface area contributed by atoms with Gasteiger partial charge in [-0.05, 0) is 30.4 Å². The fourth-order valence-corrected chi connectivity index (χ4v) is 2.67. The Morgan fingerprint density at radius 3 is 2.44 bits per heavy atom. The predicted molar refractivity (Wildman–Crippen MR) is 74.7 cm³/mol. The lowest BCUT2D eigenvalue weighted by Gasteiger charge is -2.34. The predicted octanol–water partition coefficient (Wildman–Crippen LogP) is 2.51. The van der Waals surface area contributed by atoms with Crippen molar-refractivity contribution in [1.29, 1.82) is 0 Å². The molecule has 1 saturated heterocycles. The highest BCUT2D eigenvalue weighted by atomic mass is 16.1. The van der Waals surface area contributed by atoms with Gasteiger partial charge in [0.25, 0.3) is 0 Å². The molecule has 0 atom stereocenters. The lowest BCUT2D eigenvalue weighted by molar-refractivity contribution is -0.122. The van der Waals surface area contributed by atoms with E-state index in [0.717, 1.165) is 25.9 Å². The van der Waals surface area contributed by atoms with Crippen molar-refractivity contribution in [3.63, 3.8) is 0 Å². The van der Waals surface area contributed by atoms with E-state index in [-0.39, 0.29) is 11.8 Å². The number of anilines is 1. The third-order valence-electron chi connectivity index (χ3n) is 3.80. The summed E-state index contributed by atoms with van der Waals surface area (Å²) in [7, 11) is 0. The lowest BCUT2D eigenvalue weighted by Crippen LogP contribution is -2.39. The lowest BCUT2D eigenvalue weighted by atomic mass is 9.94. The molecule has 0 spiro atoms. The second kappa shape index (κ2) is 5.42. The Hall–Kier alpha value is -1.51. The molecule has 1 aliphatic heterocycles. The summed E-state index contributed by atoms with van der Waals surface area (Å²) >= 11 is 0. The number of hydrogen-bond donors (Lipinski definition) is 1. The third kappa shape index (κ3) is 2.66. The Kier molecular flexibility index (Phi) is 3.90. The van der Waals surface area contributed by atoms with Crippen molar-refractivity contribution in [2.24, 2.45) is 11.7 Å². The van der Waals surface area contributed by atoms with Gasteiger partial charge in [-0.25, -0.2) is 0 Å². The molecule has 3 heteroatoms. The number of nitrogens with zero attached hydrogens (tertiary/aromatic N) is 1. The minimum atomic E-state index is -0.146. The normalized spacial score (nSPS) is 17.2. The first-order chi connectivity index (χ1) is 8.59. The van der Waals surface area contributed by atoms with Gasteiger partial charge in [-0.3, -0.25) is 4.79 Å². The molecule has 1 amide bonds. The largest absolute Gasteiger partial charge is 0.371 e. The summed E-state index contributed by atoms with van der Waals surface area (Å²) < 4.78 is 0. The molecule has 18 heavy (non-hydrogen) atoms. The number of para-hydroxylation sites is 1. The molecule has 98 valence electrons. The number of amides is 1. The minimum Gasteiger partial charge on any atom is -0.371 e. The van der Waals surface area contributed by atoms with Crippen LogP contribution in [0.15, 0.2) is 24.3 Å². The molecule has 3 nitrogen and oxygen atoms in total. The van der Waals surface area contributed by atoms with Gasteiger partial charge < -0.3 is 10.6 Å². The summed E-state index contributed by atoms with van der Waals surface area (Å²) in [6.07, 6.45) is 1.75. The molecule has 1 fully saturated rings. The molecule has 1 heterocycles. The molecular weight excluding hydrogens is 224 g/mol. The van der Waals surface area contributed by atoms with Crippen LogP contribution in [0.1, 0.15) is 38.2 Å². The van der Waals surface area contributed by atoms with Gasteiger partial charge in [0.1, 0.15) is 0 Å². The van der Waals surface area contributed by atoms with Crippen molar-refractivity contribution < 1.29 is 4.79 Å². The zero-order valence-electron chi connectivity index (χ0n) is 11.2. The summed E-state index contributed by atoms with van der Waals surface area (Å²) in [6.45, 7) is 6.29. The number of carbonyl (C=O) groups excluding carboxylic acids is 1. The average Bonchev–Trinajstić information content (AvgIpc) is 2.39. The minimum absolute atomic E-state index is 0.0625. The van der Waals surface area contributed by atoms with Crippen LogP contribution in [0.2, 0.25) is 0 Å². The summed E-state index contributed by atoms with van der Waals surface area (Å²) in [5.74, 6) is 0.439. The Labute approximate surface area is 109 Å². The molecule has 1 aromatic rings. The Balaban J connectivity index is 2.12. The zero-order chi connectivity index (χ0) is 13.1. The van der Waals surface area contributed by atoms with E-state index >= 15 is 0 Å². The van der Waals surface area contributed by atoms with Gasteiger partial charge in [-0.1, -0.05) is 32.0 Å². The zero-order valence-corrected chi connectivity index (χ0v) is 11.2. The van der Waals surface area contributed by atoms with Gasteiger partial charge in [-0.15, -0.1) is 0 Å². The van der Waals surface area contributed by atoms with Crippen molar-refractivity contribution >= 4 is 11.6 Å². The van der Waals surface area contributed by atoms with Crippen molar-refractivity contribution in [1.82, 2.24) is 0 Å². The maximum absolute atomic E-state index is 11.2. The molecular formula is C15H22N2O. The van der Waals surface area contributed by atoms with Crippen molar-refractivity contribution in [2.45, 2.75) is 32.6 Å². The van der Waals surface area contributed by atoms with Crippen LogP contribution in [0.4, 0.5) is 5.69 Å². The van der Waals surface area contributed by atoms with E-state index in [4.69, 9.17) is 5.73 Å². The Bertz CT molecular complexity index is 420. The Morgan fingerprint density at radius 1 is 1.28 bits per heavy atom. The first-order valence-electron chi connectivity index (χ1n) is 6.72. The number of carbonyl (C=O) groups is 1. The molecule has 0 saturated carbocycles. The first-order valence-corrected chi connectivity index (χ1v) is 6.72. The highest BCUT2D eigenvalue weighted by Gasteiger charge is 2.24. The van der Waals surface area contributed by atoms with E-state index in [1.165, 1.54) is 11.3 Å². The van der Waals surface area contributed by atoms with Crippen LogP contribution in [0.5, 0.6) is 0 Å². The van der Waals surface area contributed by atoms with Crippen LogP contribution in [0.3, 0.4) is 0 Å². The van der Waals surface area contributed by atoms with Crippen LogP contribution in [0.25, 0.3) is 0 Å². The van der Waals surface area contributed by atoms with E-state index in [1.807, 2.05) is 0 Å². The van der Waals surface area contributed by atoms with Gasteiger partial charge in [0.2, 0.25) is 5.91 Å². The number of nitrogens with two attached hydrogens (primary N) is 1. The highest BCUT2D eigenvalue weighted by Crippen LogP contribution is 2.30. The maximum Gasteiger partial charge on any atom is 0.220 e. The molecule has 1 aromatic carbocycles. The molecule has 0 aliphatic carbocycles. The van der Waals surface area contributed by atoms with Gasteiger partial charge in [0.05, 0.1) is 0 Å². The van der Waals surface area contributed by atoms with Gasteiger partial charge in [-0.2, -0.15) is 0 Å². The molecule has 0 aromatic heterocycles. The number of rotatable bonds is 3. The molecule has 0 bridgehead atoms. The summed E-state index contributed by atoms with van der Waals surface area (Å²) in [4.78, 5) is 13.6. The van der Waals surface area contributed by atoms with E-state index in [0.29, 0.717) is 5.92 Å². The number of piperidine rings is 1. The Morgan fingerprint density at radius 2 is 1.89 bits per heavy atom. The topological polar surface area (TPSA) is 46.3 Å². The summed E-state index contributed by atoms with van der Waals surface area (Å²) in [5.41, 5.74) is 8.07. The number of hydrogen-bond acceptors (Lipinski definition) is 2. The van der Waals surface area contributed by atoms with E-state index in [2.05, 4.69) is 43.0 Å². The standard InChI is InChI=1S/C15H22N2O/c1-11(2)13-5-3-4-6-14(13)17-9-7-12(8-10-17)15(16)18/h3-6,11-12H,7-10H2,1-2H3,(H2,16,18). The smallest absolute Gasteiger partial charge is 0.220 e. The van der Waals surface area contributed by atoms with Crippen molar-refractivity contribution in [3.05, 3.63) is 29.8 Å². The molecule has 2 N–H and O–H groups in total. The third-order valence-corrected chi connectivity index (χ3v) is 3.80. The fraction of sp³-hybridized carbons (Fsp3) is 0.533. The van der Waals surface area contributed by atoms with E-state index < -0.39 is 0 Å². The quantitative estimate of drug-likeness (QED) is 0.890. The van der Waals surface area contributed by atoms with Crippen LogP contribution < -0.4 is 10.6 Å². The molecule has 2 rings (SSSR count). The first kappa shape index (κ1) is 12.9. The molecule has 0 radical (unpaired) electrons. The summed E-state index contributed by atoms with van der Waals surface area (Å²) in [5, 5.41) is 0. The monoisotopic (exact) mass is 246 g/mol. The van der Waals surface area contributed by atoms with Crippen molar-refractivity contribution in [2.75, 3.05) is 18.0 Å². The molecule has 0 unspecified atom stereocenters. The van der Waals surface area contributed by atoms with E-state index in [9.17, 15) is 4.79 Å². The average molecular weight is 246 g/mol. The van der Waals surface area contributed by atoms with Gasteiger partial charge in [0.15, 0.2) is 0 Å². The molecule has 1 aliphatic rings. The van der Waals surface area contributed by atoms with Gasteiger partial charge in [0, 0.05) is 24.7 Å². The maximum atomic E-state index is 11.2.